The van der Waals surface area contributed by atoms with Crippen molar-refractivity contribution >= 4 is 17.3 Å². The summed E-state index contributed by atoms with van der Waals surface area (Å²) in [5.74, 6) is -1.06. The fourth-order valence-electron chi connectivity index (χ4n) is 5.11. The second-order valence-electron chi connectivity index (χ2n) is 9.64. The van der Waals surface area contributed by atoms with E-state index in [1.165, 1.54) is 5.56 Å². The number of piperidine rings is 1. The van der Waals surface area contributed by atoms with Crippen LogP contribution in [0.4, 0.5) is 20.4 Å². The molecule has 2 atom stereocenters. The van der Waals surface area contributed by atoms with Crippen molar-refractivity contribution in [3.63, 3.8) is 0 Å². The molecule has 0 aromatic carbocycles. The van der Waals surface area contributed by atoms with Crippen LogP contribution in [-0.4, -0.2) is 61.7 Å². The Morgan fingerprint density at radius 3 is 2.71 bits per heavy atom. The average molecular weight is 465 g/mol. The van der Waals surface area contributed by atoms with Gasteiger partial charge in [-0.05, 0) is 43.0 Å². The predicted octanol–water partition coefficient (Wildman–Crippen LogP) is 3.91. The molecule has 6 heterocycles. The van der Waals surface area contributed by atoms with Crippen molar-refractivity contribution in [3.8, 4) is 11.4 Å². The van der Waals surface area contributed by atoms with E-state index in [-0.39, 0.29) is 13.1 Å². The average Bonchev–Trinajstić information content (AvgIpc) is 3.46. The molecular weight excluding hydrogens is 438 g/mol. The van der Waals surface area contributed by atoms with Crippen molar-refractivity contribution in [1.29, 1.82) is 0 Å². The summed E-state index contributed by atoms with van der Waals surface area (Å²) < 4.78 is 28.7. The number of aromatic nitrogens is 6. The Bertz CT molecular complexity index is 1320. The van der Waals surface area contributed by atoms with Gasteiger partial charge in [0.2, 0.25) is 5.95 Å². The van der Waals surface area contributed by atoms with E-state index < -0.39 is 5.92 Å². The molecule has 2 aliphatic heterocycles. The molecule has 0 aliphatic carbocycles. The number of imidazole rings is 1. The smallest absolute Gasteiger partial charge is 0.282 e. The molecule has 1 N–H and O–H groups in total. The van der Waals surface area contributed by atoms with Crippen LogP contribution < -0.4 is 9.80 Å². The van der Waals surface area contributed by atoms with E-state index in [0.29, 0.717) is 17.8 Å². The maximum Gasteiger partial charge on any atom is 0.282 e. The highest BCUT2D eigenvalue weighted by molar-refractivity contribution is 5.64. The zero-order valence-electron chi connectivity index (χ0n) is 19.1. The number of nitrogens with one attached hydrogen (secondary N) is 1. The third kappa shape index (κ3) is 3.76. The largest absolute Gasteiger partial charge is 0.358 e. The Morgan fingerprint density at radius 2 is 1.94 bits per heavy atom. The Labute approximate surface area is 195 Å². The van der Waals surface area contributed by atoms with Crippen LogP contribution in [0.2, 0.25) is 0 Å². The van der Waals surface area contributed by atoms with Crippen molar-refractivity contribution in [2.24, 2.45) is 5.92 Å². The van der Waals surface area contributed by atoms with Crippen LogP contribution in [-0.2, 0) is 0 Å². The monoisotopic (exact) mass is 464 g/mol. The fraction of sp³-hybridized carbons (Fsp3) is 0.417. The van der Waals surface area contributed by atoms with E-state index in [0.717, 1.165) is 47.9 Å². The molecule has 4 aromatic heterocycles. The molecule has 4 aromatic rings. The Balaban J connectivity index is 1.34. The van der Waals surface area contributed by atoms with Crippen LogP contribution in [0.25, 0.3) is 17.0 Å². The maximum atomic E-state index is 13.4. The molecule has 0 bridgehead atoms. The summed E-state index contributed by atoms with van der Waals surface area (Å²) in [6.45, 7) is 5.41. The van der Waals surface area contributed by atoms with Crippen LogP contribution in [0.1, 0.15) is 30.5 Å². The standard InChI is InChI=1S/C24H26F2N8/c1-15-5-17(18-7-28-29-8-18)11-32(10-15)23-30-16(2)6-20(31-23)21-9-27-22-4-3-19(12-34(21)22)33-13-24(25,26)14-33/h3-4,6-9,12,15,17H,5,10-11,13-14H2,1-2H3,(H,28,29)/t15-,17-/m0/s1. The lowest BCUT2D eigenvalue weighted by Gasteiger charge is -2.40. The number of H-pyrrole nitrogens is 1. The van der Waals surface area contributed by atoms with Gasteiger partial charge in [-0.3, -0.25) is 9.50 Å². The van der Waals surface area contributed by atoms with Crippen LogP contribution in [0, 0.1) is 12.8 Å². The van der Waals surface area contributed by atoms with E-state index >= 15 is 0 Å². The first-order chi connectivity index (χ1) is 16.3. The highest BCUT2D eigenvalue weighted by Gasteiger charge is 2.44. The Hall–Kier alpha value is -3.56. The molecule has 34 heavy (non-hydrogen) atoms. The number of anilines is 2. The zero-order valence-corrected chi connectivity index (χ0v) is 19.1. The predicted molar refractivity (Wildman–Crippen MR) is 125 cm³/mol. The van der Waals surface area contributed by atoms with Gasteiger partial charge in [0.15, 0.2) is 0 Å². The second kappa shape index (κ2) is 7.75. The molecule has 0 radical (unpaired) electrons. The number of halogens is 2. The van der Waals surface area contributed by atoms with Crippen molar-refractivity contribution in [3.05, 3.63) is 54.2 Å². The molecule has 6 rings (SSSR count). The second-order valence-corrected chi connectivity index (χ2v) is 9.64. The summed E-state index contributed by atoms with van der Waals surface area (Å²) in [7, 11) is 0. The summed E-state index contributed by atoms with van der Waals surface area (Å²) in [6.07, 6.45) is 8.60. The van der Waals surface area contributed by atoms with E-state index in [4.69, 9.17) is 9.97 Å². The Kier molecular flexibility index (Phi) is 4.79. The van der Waals surface area contributed by atoms with Gasteiger partial charge in [-0.1, -0.05) is 6.92 Å². The molecule has 2 saturated heterocycles. The number of pyridine rings is 1. The summed E-state index contributed by atoms with van der Waals surface area (Å²) >= 11 is 0. The molecule has 0 spiro atoms. The van der Waals surface area contributed by atoms with Gasteiger partial charge in [0.05, 0.1) is 42.6 Å². The highest BCUT2D eigenvalue weighted by atomic mass is 19.3. The van der Waals surface area contributed by atoms with Gasteiger partial charge in [0, 0.05) is 37.1 Å². The van der Waals surface area contributed by atoms with Gasteiger partial charge in [0.1, 0.15) is 5.65 Å². The van der Waals surface area contributed by atoms with Crippen molar-refractivity contribution in [2.75, 3.05) is 36.0 Å². The van der Waals surface area contributed by atoms with Gasteiger partial charge < -0.3 is 9.80 Å². The lowest BCUT2D eigenvalue weighted by atomic mass is 9.87. The van der Waals surface area contributed by atoms with Crippen LogP contribution in [0.15, 0.2) is 43.0 Å². The lowest BCUT2D eigenvalue weighted by molar-refractivity contribution is -0.0262. The van der Waals surface area contributed by atoms with Crippen molar-refractivity contribution < 1.29 is 8.78 Å². The molecule has 8 nitrogen and oxygen atoms in total. The third-order valence-electron chi connectivity index (χ3n) is 6.74. The minimum atomic E-state index is -2.62. The van der Waals surface area contributed by atoms with Crippen LogP contribution in [0.3, 0.4) is 0 Å². The van der Waals surface area contributed by atoms with Crippen LogP contribution >= 0.6 is 0 Å². The summed E-state index contributed by atoms with van der Waals surface area (Å²) in [4.78, 5) is 18.1. The molecule has 0 unspecified atom stereocenters. The van der Waals surface area contributed by atoms with Crippen molar-refractivity contribution in [1.82, 2.24) is 29.5 Å². The molecule has 2 fully saturated rings. The summed E-state index contributed by atoms with van der Waals surface area (Å²) in [5.41, 5.74) is 5.14. The number of rotatable bonds is 4. The summed E-state index contributed by atoms with van der Waals surface area (Å²) in [5, 5.41) is 7.04. The van der Waals surface area contributed by atoms with Gasteiger partial charge >= 0.3 is 0 Å². The first-order valence-corrected chi connectivity index (χ1v) is 11.5. The normalized spacial score (nSPS) is 22.2. The van der Waals surface area contributed by atoms with E-state index in [2.05, 4.69) is 27.0 Å². The maximum absolute atomic E-state index is 13.4. The number of hydrogen-bond acceptors (Lipinski definition) is 6. The van der Waals surface area contributed by atoms with Crippen molar-refractivity contribution in [2.45, 2.75) is 32.1 Å². The van der Waals surface area contributed by atoms with Crippen LogP contribution in [0.5, 0.6) is 0 Å². The molecule has 176 valence electrons. The van der Waals surface area contributed by atoms with E-state index in [1.54, 1.807) is 11.1 Å². The van der Waals surface area contributed by atoms with Gasteiger partial charge in [-0.15, -0.1) is 0 Å². The minimum Gasteiger partial charge on any atom is -0.358 e. The number of nitrogens with zero attached hydrogens (tertiary/aromatic N) is 7. The molecular formula is C24H26F2N8. The number of aryl methyl sites for hydroxylation is 1. The minimum absolute atomic E-state index is 0.260. The SMILES string of the molecule is Cc1cc(-c2cnc3ccc(N4CC(F)(F)C4)cn23)nc(N2C[C@@H](C)C[C@H](c3cn[nH]c3)C2)n1. The number of aromatic amines is 1. The third-order valence-corrected chi connectivity index (χ3v) is 6.74. The van der Waals surface area contributed by atoms with E-state index in [1.807, 2.05) is 48.1 Å². The first kappa shape index (κ1) is 21.0. The highest BCUT2D eigenvalue weighted by Crippen LogP contribution is 2.34. The first-order valence-electron chi connectivity index (χ1n) is 11.5. The number of hydrogen-bond donors (Lipinski definition) is 1. The molecule has 0 amide bonds. The van der Waals surface area contributed by atoms with E-state index in [9.17, 15) is 8.78 Å². The lowest BCUT2D eigenvalue weighted by Crippen LogP contribution is -2.56. The Morgan fingerprint density at radius 1 is 1.09 bits per heavy atom. The van der Waals surface area contributed by atoms with Gasteiger partial charge in [-0.2, -0.15) is 5.10 Å². The molecule has 2 aliphatic rings. The fourth-order valence-corrected chi connectivity index (χ4v) is 5.11. The zero-order chi connectivity index (χ0) is 23.4. The summed E-state index contributed by atoms with van der Waals surface area (Å²) in [6, 6.07) is 5.63. The topological polar surface area (TPSA) is 78.2 Å². The van der Waals surface area contributed by atoms with Gasteiger partial charge in [-0.25, -0.2) is 23.7 Å². The molecule has 10 heteroatoms. The van der Waals surface area contributed by atoms with Gasteiger partial charge in [0.25, 0.3) is 5.92 Å². The number of fused-ring (bicyclic) bond motifs is 1. The quantitative estimate of drug-likeness (QED) is 0.494. The number of alkyl halides is 2. The molecule has 0 saturated carbocycles.